The van der Waals surface area contributed by atoms with Crippen LogP contribution in [-0.4, -0.2) is 29.9 Å². The average Bonchev–Trinajstić information content (AvgIpc) is 2.96. The van der Waals surface area contributed by atoms with Crippen molar-refractivity contribution in [3.8, 4) is 0 Å². The fourth-order valence-corrected chi connectivity index (χ4v) is 5.95. The minimum atomic E-state index is -0.510. The summed E-state index contributed by atoms with van der Waals surface area (Å²) in [4.78, 5) is 28.1. The first kappa shape index (κ1) is 19.7. The predicted octanol–water partition coefficient (Wildman–Crippen LogP) is 4.60. The standard InChI is InChI=1S/C24H27ClN2O3/c1-22(2,3)30-21(29)24-11-23(12-24,13-24)20(28)27-10-14(9-25)19-16-7-5-4-6-15(16)17(26)8-18(19)27/h4-8,14H,9-13,26H2,1-3H3. The zero-order valence-corrected chi connectivity index (χ0v) is 18.4. The van der Waals surface area contributed by atoms with E-state index in [-0.39, 0.29) is 17.8 Å². The summed E-state index contributed by atoms with van der Waals surface area (Å²) >= 11 is 6.31. The third-order valence-corrected chi connectivity index (χ3v) is 7.32. The number of benzene rings is 2. The molecule has 0 saturated heterocycles. The Labute approximate surface area is 181 Å². The number of rotatable bonds is 3. The monoisotopic (exact) mass is 426 g/mol. The van der Waals surface area contributed by atoms with E-state index >= 15 is 0 Å². The van der Waals surface area contributed by atoms with Crippen LogP contribution in [0, 0.1) is 10.8 Å². The van der Waals surface area contributed by atoms with Gasteiger partial charge in [0.15, 0.2) is 0 Å². The minimum absolute atomic E-state index is 0.0725. The number of hydrogen-bond donors (Lipinski definition) is 1. The lowest BCUT2D eigenvalue weighted by Gasteiger charge is -2.67. The molecule has 158 valence electrons. The molecule has 5 nitrogen and oxygen atoms in total. The van der Waals surface area contributed by atoms with Gasteiger partial charge in [-0.05, 0) is 57.0 Å². The number of ether oxygens (including phenoxy) is 1. The van der Waals surface area contributed by atoms with Crippen LogP contribution in [0.5, 0.6) is 0 Å². The van der Waals surface area contributed by atoms with Crippen LogP contribution in [0.1, 0.15) is 51.5 Å². The molecule has 1 unspecified atom stereocenters. The lowest BCUT2D eigenvalue weighted by atomic mass is 9.34. The minimum Gasteiger partial charge on any atom is -0.460 e. The fraction of sp³-hybridized carbons (Fsp3) is 0.500. The van der Waals surface area contributed by atoms with Crippen molar-refractivity contribution in [2.45, 2.75) is 51.6 Å². The highest BCUT2D eigenvalue weighted by atomic mass is 35.5. The van der Waals surface area contributed by atoms with Crippen molar-refractivity contribution in [2.75, 3.05) is 23.1 Å². The van der Waals surface area contributed by atoms with Crippen molar-refractivity contribution in [2.24, 2.45) is 10.8 Å². The quantitative estimate of drug-likeness (QED) is 0.442. The SMILES string of the molecule is CC(C)(C)OC(=O)C12CC(C(=O)N3CC(CCl)c4c3cc(N)c3ccccc43)(C1)C2. The molecule has 6 heteroatoms. The van der Waals surface area contributed by atoms with E-state index in [1.165, 1.54) is 0 Å². The fourth-order valence-electron chi connectivity index (χ4n) is 5.70. The van der Waals surface area contributed by atoms with Gasteiger partial charge in [-0.1, -0.05) is 24.3 Å². The van der Waals surface area contributed by atoms with Gasteiger partial charge in [-0.15, -0.1) is 11.6 Å². The van der Waals surface area contributed by atoms with Crippen LogP contribution in [0.3, 0.4) is 0 Å². The second kappa shape index (κ2) is 6.13. The highest BCUT2D eigenvalue weighted by molar-refractivity contribution is 6.19. The first-order chi connectivity index (χ1) is 14.1. The number of nitrogen functional groups attached to an aromatic ring is 1. The molecular formula is C24H27ClN2O3. The first-order valence-corrected chi connectivity index (χ1v) is 11.1. The van der Waals surface area contributed by atoms with Gasteiger partial charge < -0.3 is 15.4 Å². The van der Waals surface area contributed by atoms with E-state index in [1.807, 2.05) is 49.9 Å². The number of anilines is 2. The summed E-state index contributed by atoms with van der Waals surface area (Å²) < 4.78 is 5.59. The number of amides is 1. The number of esters is 1. The van der Waals surface area contributed by atoms with Crippen molar-refractivity contribution in [3.63, 3.8) is 0 Å². The van der Waals surface area contributed by atoms with Gasteiger partial charge in [0.1, 0.15) is 5.60 Å². The number of alkyl halides is 1. The maximum Gasteiger partial charge on any atom is 0.312 e. The molecule has 0 radical (unpaired) electrons. The van der Waals surface area contributed by atoms with Gasteiger partial charge in [0.05, 0.1) is 10.8 Å². The Bertz CT molecular complexity index is 1070. The van der Waals surface area contributed by atoms with Gasteiger partial charge >= 0.3 is 5.97 Å². The molecule has 1 aliphatic heterocycles. The van der Waals surface area contributed by atoms with E-state index in [9.17, 15) is 9.59 Å². The lowest BCUT2D eigenvalue weighted by Crippen LogP contribution is -2.71. The molecule has 6 rings (SSSR count). The molecule has 3 aliphatic carbocycles. The van der Waals surface area contributed by atoms with Crippen LogP contribution in [-0.2, 0) is 14.3 Å². The third kappa shape index (κ3) is 2.60. The molecule has 0 aromatic heterocycles. The second-order valence-corrected chi connectivity index (χ2v) is 10.6. The summed E-state index contributed by atoms with van der Waals surface area (Å²) in [7, 11) is 0. The smallest absolute Gasteiger partial charge is 0.312 e. The van der Waals surface area contributed by atoms with Crippen LogP contribution in [0.15, 0.2) is 30.3 Å². The predicted molar refractivity (Wildman–Crippen MR) is 119 cm³/mol. The molecule has 2 aromatic carbocycles. The van der Waals surface area contributed by atoms with Crippen molar-refractivity contribution in [1.82, 2.24) is 0 Å². The Hall–Kier alpha value is -2.27. The van der Waals surface area contributed by atoms with Gasteiger partial charge in [-0.25, -0.2) is 0 Å². The number of hydrogen-bond acceptors (Lipinski definition) is 4. The van der Waals surface area contributed by atoms with Crippen LogP contribution in [0.25, 0.3) is 10.8 Å². The van der Waals surface area contributed by atoms with Gasteiger partial charge in [0.25, 0.3) is 0 Å². The summed E-state index contributed by atoms with van der Waals surface area (Å²) in [5, 5.41) is 2.06. The molecule has 1 heterocycles. The Kier molecular flexibility index (Phi) is 4.02. The molecule has 30 heavy (non-hydrogen) atoms. The van der Waals surface area contributed by atoms with Gasteiger partial charge in [-0.2, -0.15) is 0 Å². The Morgan fingerprint density at radius 2 is 1.80 bits per heavy atom. The number of fused-ring (bicyclic) bond motifs is 3. The Morgan fingerprint density at radius 1 is 1.17 bits per heavy atom. The zero-order valence-electron chi connectivity index (χ0n) is 17.6. The van der Waals surface area contributed by atoms with E-state index in [0.717, 1.165) is 22.0 Å². The number of nitrogens with zero attached hydrogens (tertiary/aromatic N) is 1. The molecule has 2 aromatic rings. The molecule has 3 saturated carbocycles. The highest BCUT2D eigenvalue weighted by Gasteiger charge is 2.76. The molecule has 2 N–H and O–H groups in total. The number of carbonyl (C=O) groups is 2. The molecule has 2 bridgehead atoms. The van der Waals surface area contributed by atoms with Crippen molar-refractivity contribution in [1.29, 1.82) is 0 Å². The lowest BCUT2D eigenvalue weighted by molar-refractivity contribution is -0.230. The molecule has 4 aliphatic rings. The van der Waals surface area contributed by atoms with Gasteiger partial charge in [0.2, 0.25) is 5.91 Å². The van der Waals surface area contributed by atoms with Crippen LogP contribution >= 0.6 is 11.6 Å². The van der Waals surface area contributed by atoms with Gasteiger partial charge in [-0.3, -0.25) is 9.59 Å². The van der Waals surface area contributed by atoms with E-state index in [2.05, 4.69) is 6.07 Å². The largest absolute Gasteiger partial charge is 0.460 e. The maximum atomic E-state index is 13.6. The molecular weight excluding hydrogens is 400 g/mol. The third-order valence-electron chi connectivity index (χ3n) is 6.95. The van der Waals surface area contributed by atoms with E-state index < -0.39 is 16.4 Å². The van der Waals surface area contributed by atoms with Crippen LogP contribution in [0.2, 0.25) is 0 Å². The molecule has 1 atom stereocenters. The normalized spacial score (nSPS) is 29.2. The summed E-state index contributed by atoms with van der Waals surface area (Å²) in [6, 6.07) is 9.93. The van der Waals surface area contributed by atoms with Gasteiger partial charge in [0, 0.05) is 35.1 Å². The van der Waals surface area contributed by atoms with E-state index in [1.54, 1.807) is 0 Å². The van der Waals surface area contributed by atoms with Crippen molar-refractivity contribution in [3.05, 3.63) is 35.9 Å². The first-order valence-electron chi connectivity index (χ1n) is 10.5. The molecule has 1 amide bonds. The molecule has 0 spiro atoms. The average molecular weight is 427 g/mol. The topological polar surface area (TPSA) is 72.6 Å². The summed E-state index contributed by atoms with van der Waals surface area (Å²) in [6.07, 6.45) is 1.73. The summed E-state index contributed by atoms with van der Waals surface area (Å²) in [5.41, 5.74) is 7.55. The number of nitrogens with two attached hydrogens (primary N) is 1. The Balaban J connectivity index is 1.43. The van der Waals surface area contributed by atoms with Crippen molar-refractivity contribution >= 4 is 45.6 Å². The van der Waals surface area contributed by atoms with E-state index in [4.69, 9.17) is 22.1 Å². The Morgan fingerprint density at radius 3 is 2.40 bits per heavy atom. The van der Waals surface area contributed by atoms with Crippen LogP contribution < -0.4 is 10.6 Å². The van der Waals surface area contributed by atoms with E-state index in [0.29, 0.717) is 37.4 Å². The second-order valence-electron chi connectivity index (χ2n) is 10.3. The maximum absolute atomic E-state index is 13.6. The highest BCUT2D eigenvalue weighted by Crippen LogP contribution is 2.74. The number of carbonyl (C=O) groups excluding carboxylic acids is 2. The number of halogens is 1. The zero-order chi connectivity index (χ0) is 21.5. The van der Waals surface area contributed by atoms with Crippen LogP contribution in [0.4, 0.5) is 11.4 Å². The summed E-state index contributed by atoms with van der Waals surface area (Å²) in [5.74, 6) is 0.444. The summed E-state index contributed by atoms with van der Waals surface area (Å²) in [6.45, 7) is 6.19. The molecule has 3 fully saturated rings. The van der Waals surface area contributed by atoms with Crippen molar-refractivity contribution < 1.29 is 14.3 Å².